The second-order valence-corrected chi connectivity index (χ2v) is 9.18. The number of amides is 1. The number of thiophene rings is 1. The van der Waals surface area contributed by atoms with Gasteiger partial charge in [-0.15, -0.1) is 11.3 Å². The summed E-state index contributed by atoms with van der Waals surface area (Å²) in [7, 11) is 3.94. The molecule has 0 saturated heterocycles. The van der Waals surface area contributed by atoms with Crippen molar-refractivity contribution in [3.8, 4) is 0 Å². The zero-order valence-electron chi connectivity index (χ0n) is 17.4. The number of carbonyl (C=O) groups is 1. The molecule has 9 heteroatoms. The maximum atomic E-state index is 13.5. The summed E-state index contributed by atoms with van der Waals surface area (Å²) in [5, 5.41) is 4.26. The van der Waals surface area contributed by atoms with Crippen molar-refractivity contribution in [2.45, 2.75) is 19.4 Å². The van der Waals surface area contributed by atoms with Crippen LogP contribution in [0.5, 0.6) is 0 Å². The standard InChI is InChI=1S/C22H23ClFN5OS/c1-28(2)9-4-6-19(30)29-10-3-5-15-18(12-29)31-22-20(15)21(25-13-26-22)27-14-7-8-17(24)16(23)11-14/h4,6-8,11,13H,3,5,9-10,12H2,1-2H3,(H,25,26,27). The second-order valence-electron chi connectivity index (χ2n) is 7.69. The number of anilines is 2. The van der Waals surface area contributed by atoms with E-state index in [0.717, 1.165) is 34.5 Å². The Morgan fingerprint density at radius 3 is 3.00 bits per heavy atom. The molecule has 6 nitrogen and oxygen atoms in total. The number of rotatable bonds is 5. The van der Waals surface area contributed by atoms with Gasteiger partial charge in [0, 0.05) is 29.7 Å². The largest absolute Gasteiger partial charge is 0.340 e. The van der Waals surface area contributed by atoms with Crippen LogP contribution in [0.2, 0.25) is 5.02 Å². The number of likely N-dealkylation sites (N-methyl/N-ethyl adjacent to an activating group) is 1. The Kier molecular flexibility index (Phi) is 6.50. The van der Waals surface area contributed by atoms with Crippen LogP contribution < -0.4 is 5.32 Å². The Hall–Kier alpha value is -2.55. The highest BCUT2D eigenvalue weighted by atomic mass is 35.5. The monoisotopic (exact) mass is 459 g/mol. The molecular formula is C22H23ClFN5OS. The number of benzene rings is 1. The Labute approximate surface area is 189 Å². The second kappa shape index (κ2) is 9.30. The third-order valence-electron chi connectivity index (χ3n) is 5.09. The van der Waals surface area contributed by atoms with Crippen molar-refractivity contribution in [2.75, 3.05) is 32.5 Å². The highest BCUT2D eigenvalue weighted by Crippen LogP contribution is 2.38. The summed E-state index contributed by atoms with van der Waals surface area (Å²) in [5.41, 5.74) is 1.83. The normalized spacial score (nSPS) is 14.3. The van der Waals surface area contributed by atoms with E-state index in [1.165, 1.54) is 24.0 Å². The van der Waals surface area contributed by atoms with Crippen molar-refractivity contribution in [3.63, 3.8) is 0 Å². The van der Waals surface area contributed by atoms with Gasteiger partial charge in [0.1, 0.15) is 22.8 Å². The number of hydrogen-bond donors (Lipinski definition) is 1. The molecule has 162 valence electrons. The molecule has 1 aliphatic heterocycles. The van der Waals surface area contributed by atoms with E-state index in [2.05, 4.69) is 15.3 Å². The first-order valence-corrected chi connectivity index (χ1v) is 11.2. The van der Waals surface area contributed by atoms with Gasteiger partial charge in [-0.1, -0.05) is 17.7 Å². The van der Waals surface area contributed by atoms with E-state index >= 15 is 0 Å². The molecule has 0 saturated carbocycles. The molecule has 3 heterocycles. The van der Waals surface area contributed by atoms with Gasteiger partial charge in [0.2, 0.25) is 5.91 Å². The molecule has 4 rings (SSSR count). The quantitative estimate of drug-likeness (QED) is 0.564. The van der Waals surface area contributed by atoms with Crippen molar-refractivity contribution >= 4 is 50.6 Å². The molecule has 0 fully saturated rings. The minimum atomic E-state index is -0.464. The van der Waals surface area contributed by atoms with Gasteiger partial charge in [-0.2, -0.15) is 0 Å². The van der Waals surface area contributed by atoms with E-state index in [1.54, 1.807) is 23.5 Å². The van der Waals surface area contributed by atoms with Crippen LogP contribution in [-0.2, 0) is 17.8 Å². The minimum absolute atomic E-state index is 0.0255. The lowest BCUT2D eigenvalue weighted by Crippen LogP contribution is -2.29. The summed E-state index contributed by atoms with van der Waals surface area (Å²) in [6, 6.07) is 4.49. The van der Waals surface area contributed by atoms with Crippen LogP contribution in [0.4, 0.5) is 15.9 Å². The molecule has 1 aliphatic rings. The molecule has 0 bridgehead atoms. The smallest absolute Gasteiger partial charge is 0.246 e. The van der Waals surface area contributed by atoms with Crippen molar-refractivity contribution in [1.82, 2.24) is 19.8 Å². The van der Waals surface area contributed by atoms with E-state index in [0.29, 0.717) is 24.6 Å². The third-order valence-corrected chi connectivity index (χ3v) is 6.50. The van der Waals surface area contributed by atoms with Crippen LogP contribution in [0.25, 0.3) is 10.2 Å². The topological polar surface area (TPSA) is 61.4 Å². The number of fused-ring (bicyclic) bond motifs is 3. The van der Waals surface area contributed by atoms with Crippen LogP contribution in [0.15, 0.2) is 36.7 Å². The number of hydrogen-bond acceptors (Lipinski definition) is 6. The first-order chi connectivity index (χ1) is 14.9. The SMILES string of the molecule is CN(C)CC=CC(=O)N1CCCc2c(sc3ncnc(Nc4ccc(F)c(Cl)c4)c23)C1. The summed E-state index contributed by atoms with van der Waals surface area (Å²) >= 11 is 7.51. The Morgan fingerprint density at radius 2 is 2.23 bits per heavy atom. The molecule has 31 heavy (non-hydrogen) atoms. The van der Waals surface area contributed by atoms with E-state index in [1.807, 2.05) is 30.0 Å². The molecule has 1 aromatic carbocycles. The maximum Gasteiger partial charge on any atom is 0.246 e. The van der Waals surface area contributed by atoms with E-state index in [-0.39, 0.29) is 10.9 Å². The van der Waals surface area contributed by atoms with Gasteiger partial charge < -0.3 is 15.1 Å². The number of aromatic nitrogens is 2. The summed E-state index contributed by atoms with van der Waals surface area (Å²) in [5.74, 6) is 0.224. The zero-order chi connectivity index (χ0) is 22.0. The first kappa shape index (κ1) is 21.7. The average molecular weight is 460 g/mol. The van der Waals surface area contributed by atoms with Crippen LogP contribution >= 0.6 is 22.9 Å². The van der Waals surface area contributed by atoms with Crippen molar-refractivity contribution in [1.29, 1.82) is 0 Å². The van der Waals surface area contributed by atoms with Crippen LogP contribution in [0.3, 0.4) is 0 Å². The predicted molar refractivity (Wildman–Crippen MR) is 124 cm³/mol. The van der Waals surface area contributed by atoms with Crippen molar-refractivity contribution in [3.05, 3.63) is 58.0 Å². The molecule has 2 aromatic heterocycles. The lowest BCUT2D eigenvalue weighted by Gasteiger charge is -2.18. The third kappa shape index (κ3) is 4.87. The number of halogens is 2. The average Bonchev–Trinajstić information content (AvgIpc) is 2.94. The molecule has 0 spiro atoms. The molecule has 0 radical (unpaired) electrons. The number of carbonyl (C=O) groups excluding carboxylic acids is 1. The Bertz CT molecular complexity index is 1150. The maximum absolute atomic E-state index is 13.5. The molecule has 0 aliphatic carbocycles. The van der Waals surface area contributed by atoms with Crippen LogP contribution in [0, 0.1) is 5.82 Å². The van der Waals surface area contributed by atoms with Crippen LogP contribution in [0.1, 0.15) is 16.9 Å². The summed E-state index contributed by atoms with van der Waals surface area (Å²) in [6.45, 7) is 1.99. The van der Waals surface area contributed by atoms with Crippen molar-refractivity contribution < 1.29 is 9.18 Å². The highest BCUT2D eigenvalue weighted by molar-refractivity contribution is 7.19. The highest BCUT2D eigenvalue weighted by Gasteiger charge is 2.24. The van der Waals surface area contributed by atoms with Gasteiger partial charge in [0.05, 0.1) is 17.0 Å². The van der Waals surface area contributed by atoms with E-state index in [4.69, 9.17) is 11.6 Å². The molecular weight excluding hydrogens is 437 g/mol. The Balaban J connectivity index is 1.62. The summed E-state index contributed by atoms with van der Waals surface area (Å²) < 4.78 is 13.5. The van der Waals surface area contributed by atoms with E-state index < -0.39 is 5.82 Å². The number of nitrogens with one attached hydrogen (secondary N) is 1. The molecule has 3 aromatic rings. The zero-order valence-corrected chi connectivity index (χ0v) is 18.9. The number of aryl methyl sites for hydroxylation is 1. The number of nitrogens with zero attached hydrogens (tertiary/aromatic N) is 4. The summed E-state index contributed by atoms with van der Waals surface area (Å²) in [6.07, 6.45) is 6.76. The molecule has 1 N–H and O–H groups in total. The lowest BCUT2D eigenvalue weighted by molar-refractivity contribution is -0.126. The predicted octanol–water partition coefficient (Wildman–Crippen LogP) is 4.62. The summed E-state index contributed by atoms with van der Waals surface area (Å²) in [4.78, 5) is 27.4. The van der Waals surface area contributed by atoms with Crippen molar-refractivity contribution in [2.24, 2.45) is 0 Å². The fourth-order valence-electron chi connectivity index (χ4n) is 3.59. The first-order valence-electron chi connectivity index (χ1n) is 10.00. The molecule has 0 unspecified atom stereocenters. The van der Waals surface area contributed by atoms with Gasteiger partial charge in [-0.3, -0.25) is 4.79 Å². The van der Waals surface area contributed by atoms with Gasteiger partial charge in [-0.05, 0) is 50.7 Å². The molecule has 1 amide bonds. The fourth-order valence-corrected chi connectivity index (χ4v) is 4.97. The van der Waals surface area contributed by atoms with Gasteiger partial charge in [0.15, 0.2) is 0 Å². The minimum Gasteiger partial charge on any atom is -0.340 e. The Morgan fingerprint density at radius 1 is 1.39 bits per heavy atom. The lowest BCUT2D eigenvalue weighted by atomic mass is 10.1. The molecule has 0 atom stereocenters. The van der Waals surface area contributed by atoms with Gasteiger partial charge in [-0.25, -0.2) is 14.4 Å². The van der Waals surface area contributed by atoms with Gasteiger partial charge in [0.25, 0.3) is 0 Å². The van der Waals surface area contributed by atoms with Gasteiger partial charge >= 0.3 is 0 Å². The van der Waals surface area contributed by atoms with E-state index in [9.17, 15) is 9.18 Å². The van der Waals surface area contributed by atoms with Crippen LogP contribution in [-0.4, -0.2) is 52.9 Å². The fraction of sp³-hybridized carbons (Fsp3) is 0.318.